The van der Waals surface area contributed by atoms with Gasteiger partial charge in [-0.05, 0) is 19.1 Å². The van der Waals surface area contributed by atoms with Crippen LogP contribution in [0.5, 0.6) is 0 Å². The van der Waals surface area contributed by atoms with Crippen molar-refractivity contribution in [1.29, 1.82) is 0 Å². The third kappa shape index (κ3) is 6.27. The van der Waals surface area contributed by atoms with Crippen molar-refractivity contribution in [3.8, 4) is 0 Å². The van der Waals surface area contributed by atoms with Crippen LogP contribution in [0.4, 0.5) is 4.39 Å². The van der Waals surface area contributed by atoms with E-state index in [1.54, 1.807) is 0 Å². The van der Waals surface area contributed by atoms with Crippen molar-refractivity contribution in [3.63, 3.8) is 0 Å². The zero-order valence-corrected chi connectivity index (χ0v) is 15.0. The predicted octanol–water partition coefficient (Wildman–Crippen LogP) is 1.47. The number of carbonyl (C=O) groups excluding carboxylic acids is 3. The number of amides is 2. The van der Waals surface area contributed by atoms with Crippen LogP contribution in [0.15, 0.2) is 24.3 Å². The zero-order chi connectivity index (χ0) is 19.9. The molecule has 142 valence electrons. The molecule has 2 unspecified atom stereocenters. The second-order valence-electron chi connectivity index (χ2n) is 6.06. The summed E-state index contributed by atoms with van der Waals surface area (Å²) in [5.41, 5.74) is 0.154. The molecule has 2 N–H and O–H groups in total. The highest BCUT2D eigenvalue weighted by Crippen LogP contribution is 2.16. The lowest BCUT2D eigenvalue weighted by Gasteiger charge is -2.27. The van der Waals surface area contributed by atoms with E-state index in [4.69, 9.17) is 0 Å². The van der Waals surface area contributed by atoms with Gasteiger partial charge < -0.3 is 15.3 Å². The molecule has 8 heteroatoms. The number of hydrogen-bond acceptors (Lipinski definition) is 4. The van der Waals surface area contributed by atoms with Gasteiger partial charge in [0, 0.05) is 37.9 Å². The van der Waals surface area contributed by atoms with Gasteiger partial charge in [-0.1, -0.05) is 19.1 Å². The molecule has 1 rings (SSSR count). The highest BCUT2D eigenvalue weighted by atomic mass is 19.1. The molecule has 0 fully saturated rings. The molecule has 0 aliphatic heterocycles. The average molecular weight is 366 g/mol. The van der Waals surface area contributed by atoms with Crippen LogP contribution in [0.2, 0.25) is 0 Å². The molecule has 0 aliphatic carbocycles. The van der Waals surface area contributed by atoms with Crippen LogP contribution in [-0.4, -0.2) is 52.7 Å². The van der Waals surface area contributed by atoms with Gasteiger partial charge in [-0.25, -0.2) is 9.18 Å². The van der Waals surface area contributed by atoms with Gasteiger partial charge in [0.2, 0.25) is 11.8 Å². The molecule has 0 saturated carbocycles. The number of hydrogen-bond donors (Lipinski definition) is 2. The topological polar surface area (TPSA) is 104 Å². The summed E-state index contributed by atoms with van der Waals surface area (Å²) >= 11 is 0. The molecule has 0 saturated heterocycles. The molecule has 2 atom stereocenters. The van der Waals surface area contributed by atoms with Gasteiger partial charge in [0.25, 0.3) is 0 Å². The zero-order valence-electron chi connectivity index (χ0n) is 15.0. The van der Waals surface area contributed by atoms with Crippen molar-refractivity contribution in [1.82, 2.24) is 10.2 Å². The number of halogens is 1. The van der Waals surface area contributed by atoms with Gasteiger partial charge in [-0.3, -0.25) is 14.4 Å². The first kappa shape index (κ1) is 21.3. The Bertz CT molecular complexity index is 692. The Morgan fingerprint density at radius 1 is 1.23 bits per heavy atom. The molecule has 1 aromatic carbocycles. The van der Waals surface area contributed by atoms with Crippen molar-refractivity contribution in [2.45, 2.75) is 33.2 Å². The Kier molecular flexibility index (Phi) is 7.89. The standard InChI is InChI=1S/C18H23FN2O5/c1-11(17(24)14-5-4-6-15(19)10-14)9-16(23)21(12(2)18(25)26)8-7-20-13(3)22/h4-6,10-12H,7-9H2,1-3H3,(H,20,22)(H,25,26). The van der Waals surface area contributed by atoms with Gasteiger partial charge >= 0.3 is 5.97 Å². The lowest BCUT2D eigenvalue weighted by atomic mass is 9.95. The summed E-state index contributed by atoms with van der Waals surface area (Å²) in [6.45, 7) is 4.31. The molecule has 0 heterocycles. The van der Waals surface area contributed by atoms with E-state index >= 15 is 0 Å². The van der Waals surface area contributed by atoms with Gasteiger partial charge in [-0.2, -0.15) is 0 Å². The van der Waals surface area contributed by atoms with Crippen LogP contribution in [0, 0.1) is 11.7 Å². The largest absolute Gasteiger partial charge is 0.480 e. The van der Waals surface area contributed by atoms with Crippen LogP contribution < -0.4 is 5.32 Å². The molecule has 1 aromatic rings. The minimum Gasteiger partial charge on any atom is -0.480 e. The summed E-state index contributed by atoms with van der Waals surface area (Å²) in [6.07, 6.45) is -0.215. The van der Waals surface area contributed by atoms with Gasteiger partial charge in [0.1, 0.15) is 11.9 Å². The Balaban J connectivity index is 2.81. The van der Waals surface area contributed by atoms with Crippen molar-refractivity contribution in [2.75, 3.05) is 13.1 Å². The van der Waals surface area contributed by atoms with Crippen molar-refractivity contribution < 1.29 is 28.7 Å². The van der Waals surface area contributed by atoms with E-state index in [0.29, 0.717) is 0 Å². The lowest BCUT2D eigenvalue weighted by Crippen LogP contribution is -2.47. The molecule has 0 aliphatic rings. The van der Waals surface area contributed by atoms with Crippen molar-refractivity contribution in [3.05, 3.63) is 35.6 Å². The van der Waals surface area contributed by atoms with Gasteiger partial charge in [-0.15, -0.1) is 0 Å². The second kappa shape index (κ2) is 9.65. The van der Waals surface area contributed by atoms with Crippen molar-refractivity contribution >= 4 is 23.6 Å². The molecule has 0 spiro atoms. The maximum atomic E-state index is 13.3. The third-order valence-corrected chi connectivity index (χ3v) is 3.91. The summed E-state index contributed by atoms with van der Waals surface area (Å²) in [5, 5.41) is 11.7. The van der Waals surface area contributed by atoms with Crippen molar-refractivity contribution in [2.24, 2.45) is 5.92 Å². The number of carboxylic acid groups (broad SMARTS) is 1. The van der Waals surface area contributed by atoms with E-state index in [0.717, 1.165) is 11.0 Å². The van der Waals surface area contributed by atoms with Gasteiger partial charge in [0.05, 0.1) is 0 Å². The van der Waals surface area contributed by atoms with Crippen LogP contribution in [0.25, 0.3) is 0 Å². The number of aliphatic carboxylic acids is 1. The highest BCUT2D eigenvalue weighted by Gasteiger charge is 2.28. The van der Waals surface area contributed by atoms with E-state index < -0.39 is 35.4 Å². The average Bonchev–Trinajstić information content (AvgIpc) is 2.56. The number of ketones is 1. The molecule has 0 bridgehead atoms. The SMILES string of the molecule is CC(=O)NCCN(C(=O)CC(C)C(=O)c1cccc(F)c1)C(C)C(=O)O. The maximum absolute atomic E-state index is 13.3. The normalized spacial score (nSPS) is 12.8. The summed E-state index contributed by atoms with van der Waals surface area (Å²) < 4.78 is 13.3. The Morgan fingerprint density at radius 3 is 2.42 bits per heavy atom. The van der Waals surface area contributed by atoms with Crippen LogP contribution >= 0.6 is 0 Å². The maximum Gasteiger partial charge on any atom is 0.326 e. The van der Waals surface area contributed by atoms with Crippen LogP contribution in [0.1, 0.15) is 37.6 Å². The summed E-state index contributed by atoms with van der Waals surface area (Å²) in [4.78, 5) is 48.1. The summed E-state index contributed by atoms with van der Waals surface area (Å²) in [7, 11) is 0. The highest BCUT2D eigenvalue weighted by molar-refractivity contribution is 5.99. The third-order valence-electron chi connectivity index (χ3n) is 3.91. The first-order chi connectivity index (χ1) is 12.1. The smallest absolute Gasteiger partial charge is 0.326 e. The Labute approximate surface area is 151 Å². The molecule has 26 heavy (non-hydrogen) atoms. The number of benzene rings is 1. The van der Waals surface area contributed by atoms with Gasteiger partial charge in [0.15, 0.2) is 5.78 Å². The van der Waals surface area contributed by atoms with Crippen LogP contribution in [-0.2, 0) is 14.4 Å². The quantitative estimate of drug-likeness (QED) is 0.644. The van der Waals surface area contributed by atoms with E-state index in [1.165, 1.54) is 39.0 Å². The molecular formula is C18H23FN2O5. The lowest BCUT2D eigenvalue weighted by molar-refractivity contribution is -0.149. The fourth-order valence-electron chi connectivity index (χ4n) is 2.42. The van der Waals surface area contributed by atoms with Crippen LogP contribution in [0.3, 0.4) is 0 Å². The summed E-state index contributed by atoms with van der Waals surface area (Å²) in [6, 6.07) is 4.07. The summed E-state index contributed by atoms with van der Waals surface area (Å²) in [5.74, 6) is -3.70. The first-order valence-corrected chi connectivity index (χ1v) is 8.20. The molecule has 2 amide bonds. The number of carbonyl (C=O) groups is 4. The predicted molar refractivity (Wildman–Crippen MR) is 92.0 cm³/mol. The van der Waals surface area contributed by atoms with E-state index in [1.807, 2.05) is 0 Å². The first-order valence-electron chi connectivity index (χ1n) is 8.20. The fourth-order valence-corrected chi connectivity index (χ4v) is 2.42. The van der Waals surface area contributed by atoms with E-state index in [-0.39, 0.29) is 31.0 Å². The minimum absolute atomic E-state index is 0.00670. The molecule has 7 nitrogen and oxygen atoms in total. The second-order valence-corrected chi connectivity index (χ2v) is 6.06. The number of rotatable bonds is 9. The molecular weight excluding hydrogens is 343 g/mol. The molecule has 0 radical (unpaired) electrons. The molecule has 0 aromatic heterocycles. The van der Waals surface area contributed by atoms with E-state index in [2.05, 4.69) is 5.32 Å². The number of Topliss-reactive ketones (excluding diaryl/α,β-unsaturated/α-hetero) is 1. The number of nitrogens with zero attached hydrogens (tertiary/aromatic N) is 1. The Morgan fingerprint density at radius 2 is 1.88 bits per heavy atom. The Hall–Kier alpha value is -2.77. The van der Waals surface area contributed by atoms with E-state index in [9.17, 15) is 28.7 Å². The monoisotopic (exact) mass is 366 g/mol. The number of nitrogens with one attached hydrogen (secondary N) is 1. The number of carboxylic acids is 1. The minimum atomic E-state index is -1.19. The fraction of sp³-hybridized carbons (Fsp3) is 0.444.